The van der Waals surface area contributed by atoms with Crippen LogP contribution in [0.15, 0.2) is 59.4 Å². The lowest BCUT2D eigenvalue weighted by atomic mass is 10.0. The van der Waals surface area contributed by atoms with Crippen molar-refractivity contribution in [1.29, 1.82) is 0 Å². The van der Waals surface area contributed by atoms with Crippen molar-refractivity contribution in [3.63, 3.8) is 0 Å². The molecule has 0 unspecified atom stereocenters. The number of amides is 1. The lowest BCUT2D eigenvalue weighted by molar-refractivity contribution is 0.0890. The van der Waals surface area contributed by atoms with E-state index in [2.05, 4.69) is 17.0 Å². The Morgan fingerprint density at radius 1 is 1.09 bits per heavy atom. The summed E-state index contributed by atoms with van der Waals surface area (Å²) < 4.78 is 7.20. The molecule has 186 valence electrons. The smallest absolute Gasteiger partial charge is 0.407 e. The number of fused-ring (bicyclic) bond motifs is 1. The minimum Gasteiger partial charge on any atom is -0.497 e. The highest BCUT2D eigenvalue weighted by Crippen LogP contribution is 2.23. The molecule has 0 aliphatic carbocycles. The number of aromatic nitrogens is 1. The Morgan fingerprint density at radius 2 is 1.83 bits per heavy atom. The van der Waals surface area contributed by atoms with Crippen molar-refractivity contribution in [3.05, 3.63) is 76.1 Å². The van der Waals surface area contributed by atoms with Crippen LogP contribution < -0.4 is 10.3 Å². The number of benzene rings is 2. The summed E-state index contributed by atoms with van der Waals surface area (Å²) in [7, 11) is 1.63. The number of carboxylic acid groups (broad SMARTS) is 1. The Bertz CT molecular complexity index is 1200. The van der Waals surface area contributed by atoms with Gasteiger partial charge in [-0.15, -0.1) is 0 Å². The summed E-state index contributed by atoms with van der Waals surface area (Å²) in [5.41, 5.74) is 3.09. The van der Waals surface area contributed by atoms with Gasteiger partial charge < -0.3 is 24.2 Å². The Hall–Kier alpha value is -3.32. The molecule has 7 heteroatoms. The van der Waals surface area contributed by atoms with Crippen molar-refractivity contribution >= 4 is 17.0 Å². The summed E-state index contributed by atoms with van der Waals surface area (Å²) in [6.45, 7) is 5.51. The van der Waals surface area contributed by atoms with Gasteiger partial charge in [-0.2, -0.15) is 0 Å². The van der Waals surface area contributed by atoms with E-state index in [9.17, 15) is 14.7 Å². The zero-order valence-corrected chi connectivity index (χ0v) is 20.7. The second kappa shape index (κ2) is 11.4. The minimum absolute atomic E-state index is 0.00592. The van der Waals surface area contributed by atoms with E-state index in [0.717, 1.165) is 67.5 Å². The Labute approximate surface area is 206 Å². The van der Waals surface area contributed by atoms with Crippen LogP contribution in [0.2, 0.25) is 0 Å². The lowest BCUT2D eigenvalue weighted by Gasteiger charge is -2.37. The molecule has 0 bridgehead atoms. The number of carbonyl (C=O) groups is 1. The summed E-state index contributed by atoms with van der Waals surface area (Å²) in [6, 6.07) is 17.8. The molecule has 7 nitrogen and oxygen atoms in total. The topological polar surface area (TPSA) is 75.0 Å². The number of hydrogen-bond acceptors (Lipinski definition) is 4. The highest BCUT2D eigenvalue weighted by atomic mass is 16.5. The van der Waals surface area contributed by atoms with Crippen molar-refractivity contribution in [2.75, 3.05) is 33.3 Å². The van der Waals surface area contributed by atoms with Gasteiger partial charge in [0.15, 0.2) is 0 Å². The van der Waals surface area contributed by atoms with Crippen LogP contribution in [0.25, 0.3) is 10.9 Å². The Morgan fingerprint density at radius 3 is 2.51 bits per heavy atom. The maximum Gasteiger partial charge on any atom is 0.407 e. The second-order valence-corrected chi connectivity index (χ2v) is 9.34. The first-order valence-corrected chi connectivity index (χ1v) is 12.4. The monoisotopic (exact) mass is 477 g/mol. The third kappa shape index (κ3) is 6.03. The van der Waals surface area contributed by atoms with E-state index >= 15 is 0 Å². The van der Waals surface area contributed by atoms with Crippen molar-refractivity contribution < 1.29 is 14.6 Å². The molecule has 1 aliphatic rings. The van der Waals surface area contributed by atoms with Crippen LogP contribution >= 0.6 is 0 Å². The number of likely N-dealkylation sites (tertiary alicyclic amines) is 1. The molecule has 1 saturated heterocycles. The van der Waals surface area contributed by atoms with Gasteiger partial charge in [-0.3, -0.25) is 4.79 Å². The molecule has 1 N–H and O–H groups in total. The van der Waals surface area contributed by atoms with Crippen LogP contribution in [0.1, 0.15) is 30.4 Å². The average molecular weight is 478 g/mol. The van der Waals surface area contributed by atoms with Crippen LogP contribution in [0.5, 0.6) is 5.75 Å². The first-order chi connectivity index (χ1) is 17.0. The quantitative estimate of drug-likeness (QED) is 0.495. The minimum atomic E-state index is -0.830. The fourth-order valence-electron chi connectivity index (χ4n) is 5.11. The molecule has 1 aromatic heterocycles. The molecule has 35 heavy (non-hydrogen) atoms. The van der Waals surface area contributed by atoms with Crippen molar-refractivity contribution in [3.8, 4) is 5.75 Å². The van der Waals surface area contributed by atoms with Crippen LogP contribution in [0.3, 0.4) is 0 Å². The van der Waals surface area contributed by atoms with Crippen LogP contribution in [0.4, 0.5) is 4.79 Å². The van der Waals surface area contributed by atoms with Crippen molar-refractivity contribution in [1.82, 2.24) is 14.4 Å². The fourth-order valence-corrected chi connectivity index (χ4v) is 5.11. The van der Waals surface area contributed by atoms with Gasteiger partial charge in [0.25, 0.3) is 5.56 Å². The van der Waals surface area contributed by atoms with Crippen LogP contribution in [-0.2, 0) is 13.0 Å². The average Bonchev–Trinajstić information content (AvgIpc) is 2.87. The standard InChI is InChI=1S/C28H35N3O4/c1-21-19-27(32)31(26-20-24(35-2)10-11-25(21)26)18-17-29-15-12-23(13-16-29)30(28(33)34)14-6-9-22-7-4-3-5-8-22/h3-5,7-8,10-11,19-20,23H,6,9,12-18H2,1-2H3,(H,33,34). The van der Waals surface area contributed by atoms with Crippen LogP contribution in [-0.4, -0.2) is 64.9 Å². The summed E-state index contributed by atoms with van der Waals surface area (Å²) >= 11 is 0. The van der Waals surface area contributed by atoms with Gasteiger partial charge in [-0.1, -0.05) is 30.3 Å². The number of rotatable bonds is 9. The highest BCUT2D eigenvalue weighted by molar-refractivity contribution is 5.83. The predicted octanol–water partition coefficient (Wildman–Crippen LogP) is 4.40. The normalized spacial score (nSPS) is 14.8. The van der Waals surface area contributed by atoms with E-state index < -0.39 is 6.09 Å². The van der Waals surface area contributed by atoms with Gasteiger partial charge in [0.1, 0.15) is 5.75 Å². The first kappa shape index (κ1) is 24.8. The molecule has 1 amide bonds. The number of pyridine rings is 1. The Balaban J connectivity index is 1.34. The maximum atomic E-state index is 12.8. The molecule has 1 aliphatic heterocycles. The molecule has 1 fully saturated rings. The van der Waals surface area contributed by atoms with Gasteiger partial charge in [0.05, 0.1) is 12.6 Å². The van der Waals surface area contributed by atoms with E-state index in [1.807, 2.05) is 47.9 Å². The first-order valence-electron chi connectivity index (χ1n) is 12.4. The van der Waals surface area contributed by atoms with E-state index in [0.29, 0.717) is 13.1 Å². The van der Waals surface area contributed by atoms with Gasteiger partial charge in [0.2, 0.25) is 0 Å². The lowest BCUT2D eigenvalue weighted by Crippen LogP contribution is -2.48. The number of nitrogens with zero attached hydrogens (tertiary/aromatic N) is 3. The summed E-state index contributed by atoms with van der Waals surface area (Å²) in [5.74, 6) is 0.734. The van der Waals surface area contributed by atoms with Gasteiger partial charge >= 0.3 is 6.09 Å². The third-order valence-electron chi connectivity index (χ3n) is 7.12. The SMILES string of the molecule is COc1ccc2c(C)cc(=O)n(CCN3CCC(N(CCCc4ccccc4)C(=O)O)CC3)c2c1. The zero-order valence-electron chi connectivity index (χ0n) is 20.7. The molecule has 0 spiro atoms. The van der Waals surface area contributed by atoms with Gasteiger partial charge in [-0.25, -0.2) is 4.79 Å². The molecular formula is C28H35N3O4. The van der Waals surface area contributed by atoms with Gasteiger partial charge in [0, 0.05) is 56.3 Å². The van der Waals surface area contributed by atoms with Gasteiger partial charge in [-0.05, 0) is 55.9 Å². The molecule has 4 rings (SSSR count). The number of methoxy groups -OCH3 is 1. The number of hydrogen-bond donors (Lipinski definition) is 1. The Kier molecular flexibility index (Phi) is 8.08. The van der Waals surface area contributed by atoms with E-state index in [4.69, 9.17) is 4.74 Å². The molecule has 0 atom stereocenters. The summed E-state index contributed by atoms with van der Waals surface area (Å²) in [4.78, 5) is 28.7. The zero-order chi connectivity index (χ0) is 24.8. The molecule has 0 saturated carbocycles. The van der Waals surface area contributed by atoms with E-state index in [-0.39, 0.29) is 11.6 Å². The van der Waals surface area contributed by atoms with Crippen molar-refractivity contribution in [2.45, 2.75) is 45.2 Å². The second-order valence-electron chi connectivity index (χ2n) is 9.34. The molecular weight excluding hydrogens is 442 g/mol. The molecule has 2 aromatic carbocycles. The molecule has 2 heterocycles. The third-order valence-corrected chi connectivity index (χ3v) is 7.12. The highest BCUT2D eigenvalue weighted by Gasteiger charge is 2.27. The molecule has 0 radical (unpaired) electrons. The number of aryl methyl sites for hydroxylation is 2. The largest absolute Gasteiger partial charge is 0.497 e. The molecule has 3 aromatic rings. The predicted molar refractivity (Wildman–Crippen MR) is 138 cm³/mol. The van der Waals surface area contributed by atoms with E-state index in [1.165, 1.54) is 5.56 Å². The van der Waals surface area contributed by atoms with E-state index in [1.54, 1.807) is 18.1 Å². The summed E-state index contributed by atoms with van der Waals surface area (Å²) in [6.07, 6.45) is 2.50. The maximum absolute atomic E-state index is 12.8. The number of ether oxygens (including phenoxy) is 1. The van der Waals surface area contributed by atoms with Crippen LogP contribution in [0, 0.1) is 6.92 Å². The van der Waals surface area contributed by atoms with Crippen molar-refractivity contribution in [2.24, 2.45) is 0 Å². The summed E-state index contributed by atoms with van der Waals surface area (Å²) in [5, 5.41) is 10.9. The number of piperidine rings is 1. The fraction of sp³-hybridized carbons (Fsp3) is 0.429.